The maximum atomic E-state index is 12.3. The number of hydrogen-bond donors (Lipinski definition) is 1. The van der Waals surface area contributed by atoms with Crippen LogP contribution in [0.25, 0.3) is 0 Å². The van der Waals surface area contributed by atoms with E-state index < -0.39 is 33.3 Å². The first-order valence-electron chi connectivity index (χ1n) is 7.52. The summed E-state index contributed by atoms with van der Waals surface area (Å²) >= 11 is 3.22. The van der Waals surface area contributed by atoms with Gasteiger partial charge in [-0.15, -0.1) is 0 Å². The average molecular weight is 475 g/mol. The molecule has 0 aliphatic carbocycles. The van der Waals surface area contributed by atoms with E-state index in [9.17, 15) is 17.2 Å². The van der Waals surface area contributed by atoms with Gasteiger partial charge in [0.05, 0.1) is 26.0 Å². The average Bonchev–Trinajstić information content (AvgIpc) is 2.44. The van der Waals surface area contributed by atoms with Crippen LogP contribution >= 0.6 is 15.9 Å². The van der Waals surface area contributed by atoms with Crippen molar-refractivity contribution in [2.24, 2.45) is 9.54 Å². The molecule has 10 heteroatoms. The third-order valence-electron chi connectivity index (χ3n) is 2.63. The van der Waals surface area contributed by atoms with E-state index in [0.717, 1.165) is 0 Å². The molecule has 0 saturated carbocycles. The first-order valence-corrected chi connectivity index (χ1v) is 10.6. The molecule has 2 N–H and O–H groups in total. The van der Waals surface area contributed by atoms with Crippen molar-refractivity contribution in [3.8, 4) is 5.75 Å². The normalized spacial score (nSPS) is 14.7. The topological polar surface area (TPSA) is 81.8 Å². The molecule has 0 heterocycles. The van der Waals surface area contributed by atoms with E-state index in [1.54, 1.807) is 32.9 Å². The Labute approximate surface area is 167 Å². The third kappa shape index (κ3) is 9.84. The Balaban J connectivity index is 0.000000758. The van der Waals surface area contributed by atoms with Gasteiger partial charge in [0.15, 0.2) is 0 Å². The lowest BCUT2D eigenvalue weighted by Gasteiger charge is -2.13. The van der Waals surface area contributed by atoms with Crippen molar-refractivity contribution >= 4 is 44.1 Å². The summed E-state index contributed by atoms with van der Waals surface area (Å²) in [6.45, 7) is 7.91. The van der Waals surface area contributed by atoms with Crippen molar-refractivity contribution in [2.45, 2.75) is 57.6 Å². The lowest BCUT2D eigenvalue weighted by Crippen LogP contribution is -2.27. The van der Waals surface area contributed by atoms with E-state index in [4.69, 9.17) is 5.14 Å². The van der Waals surface area contributed by atoms with E-state index in [-0.39, 0.29) is 10.5 Å². The largest absolute Gasteiger partial charge is 0.434 e. The van der Waals surface area contributed by atoms with Gasteiger partial charge in [-0.25, -0.2) is 8.42 Å². The Morgan fingerprint density at radius 1 is 1.15 bits per heavy atom. The summed E-state index contributed by atoms with van der Waals surface area (Å²) in [5.41, 5.74) is 0.334. The zero-order chi connectivity index (χ0) is 20.7. The molecule has 0 radical (unpaired) electrons. The van der Waals surface area contributed by atoms with Crippen LogP contribution in [0, 0.1) is 0 Å². The summed E-state index contributed by atoms with van der Waals surface area (Å²) < 4.78 is 54.8. The zero-order valence-corrected chi connectivity index (χ0v) is 18.8. The third-order valence-corrected chi connectivity index (χ3v) is 5.88. The fourth-order valence-corrected chi connectivity index (χ4v) is 2.07. The highest BCUT2D eigenvalue weighted by atomic mass is 79.9. The van der Waals surface area contributed by atoms with Crippen LogP contribution in [-0.4, -0.2) is 30.7 Å². The number of ether oxygens (including phenoxy) is 1. The molecule has 5 nitrogen and oxygen atoms in total. The van der Waals surface area contributed by atoms with Gasteiger partial charge in [-0.05, 0) is 69.6 Å². The van der Waals surface area contributed by atoms with Crippen LogP contribution in [0.3, 0.4) is 0 Å². The van der Waals surface area contributed by atoms with Crippen LogP contribution in [0.4, 0.5) is 8.78 Å². The van der Waals surface area contributed by atoms with E-state index in [1.165, 1.54) is 12.3 Å². The lowest BCUT2D eigenvalue weighted by molar-refractivity contribution is -0.0499. The van der Waals surface area contributed by atoms with Crippen LogP contribution in [0.15, 0.2) is 27.1 Å². The standard InChI is InChI=1S/C12H14BrF2NO2S.C4H11NOS/c1-12(2,3)19(17)16-7-8-9(13)5-4-6-10(8)18-11(14)15;1-4(2,3)7(5)6/h4-7,11H,1-3H3;5H2,1-3H3/t19-;7-/m00/s1. The molecule has 0 aliphatic rings. The first-order chi connectivity index (χ1) is 11.7. The van der Waals surface area contributed by atoms with Crippen LogP contribution in [-0.2, 0) is 22.0 Å². The predicted octanol–water partition coefficient (Wildman–Crippen LogP) is 4.34. The van der Waals surface area contributed by atoms with Gasteiger partial charge in [-0.1, -0.05) is 6.07 Å². The number of halogens is 3. The second-order valence-corrected chi connectivity index (χ2v) is 11.6. The number of alkyl halides is 2. The molecular weight excluding hydrogens is 450 g/mol. The highest BCUT2D eigenvalue weighted by Crippen LogP contribution is 2.27. The SMILES string of the molecule is CC(C)(C)[S@@](N)=O.CC(C)(C)[S@](=O)N=Cc1c(Br)cccc1OC(F)F. The molecule has 0 amide bonds. The molecule has 0 bridgehead atoms. The zero-order valence-electron chi connectivity index (χ0n) is 15.6. The molecule has 26 heavy (non-hydrogen) atoms. The minimum absolute atomic E-state index is 0.0148. The van der Waals surface area contributed by atoms with Gasteiger partial charge in [-0.2, -0.15) is 13.2 Å². The first kappa shape index (κ1) is 25.3. The second-order valence-electron chi connectivity index (χ2n) is 7.04. The lowest BCUT2D eigenvalue weighted by atomic mass is 10.2. The van der Waals surface area contributed by atoms with Gasteiger partial charge in [-0.3, -0.25) is 5.14 Å². The van der Waals surface area contributed by atoms with Crippen LogP contribution in [0.2, 0.25) is 0 Å². The molecule has 0 aliphatic heterocycles. The quantitative estimate of drug-likeness (QED) is 0.658. The van der Waals surface area contributed by atoms with Gasteiger partial charge in [0.1, 0.15) is 16.7 Å². The van der Waals surface area contributed by atoms with E-state index in [0.29, 0.717) is 10.0 Å². The summed E-state index contributed by atoms with van der Waals surface area (Å²) in [4.78, 5) is 0. The molecular formula is C16H25BrF2N2O3S2. The minimum Gasteiger partial charge on any atom is -0.434 e. The number of benzene rings is 1. The smallest absolute Gasteiger partial charge is 0.387 e. The summed E-state index contributed by atoms with van der Waals surface area (Å²) in [6, 6.07) is 4.64. The molecule has 0 aromatic heterocycles. The Hall–Kier alpha value is -0.710. The van der Waals surface area contributed by atoms with Crippen LogP contribution in [0.5, 0.6) is 5.75 Å². The van der Waals surface area contributed by atoms with E-state index in [1.807, 2.05) is 20.8 Å². The van der Waals surface area contributed by atoms with Gasteiger partial charge in [0, 0.05) is 10.7 Å². The molecule has 1 aromatic carbocycles. The van der Waals surface area contributed by atoms with Crippen molar-refractivity contribution < 1.29 is 21.9 Å². The fourth-order valence-electron chi connectivity index (χ4n) is 1.10. The Morgan fingerprint density at radius 2 is 1.65 bits per heavy atom. The van der Waals surface area contributed by atoms with Crippen molar-refractivity contribution in [3.63, 3.8) is 0 Å². The van der Waals surface area contributed by atoms with Crippen molar-refractivity contribution in [2.75, 3.05) is 0 Å². The Morgan fingerprint density at radius 3 is 2.04 bits per heavy atom. The summed E-state index contributed by atoms with van der Waals surface area (Å²) in [6.07, 6.45) is 1.28. The van der Waals surface area contributed by atoms with Crippen molar-refractivity contribution in [1.82, 2.24) is 0 Å². The van der Waals surface area contributed by atoms with Gasteiger partial charge >= 0.3 is 6.61 Å². The Bertz CT molecular complexity index is 672. The molecule has 1 rings (SSSR count). The molecule has 2 atom stereocenters. The molecule has 0 unspecified atom stereocenters. The van der Waals surface area contributed by atoms with E-state index in [2.05, 4.69) is 25.1 Å². The van der Waals surface area contributed by atoms with Crippen LogP contribution < -0.4 is 9.88 Å². The number of nitrogens with two attached hydrogens (primary N) is 1. The molecule has 1 aromatic rings. The molecule has 0 fully saturated rings. The van der Waals surface area contributed by atoms with Gasteiger partial charge in [0.2, 0.25) is 0 Å². The molecule has 0 saturated heterocycles. The summed E-state index contributed by atoms with van der Waals surface area (Å²) in [5.74, 6) is -0.0148. The summed E-state index contributed by atoms with van der Waals surface area (Å²) in [7, 11) is -2.64. The monoisotopic (exact) mass is 474 g/mol. The maximum Gasteiger partial charge on any atom is 0.387 e. The maximum absolute atomic E-state index is 12.3. The van der Waals surface area contributed by atoms with Gasteiger partial charge in [0.25, 0.3) is 0 Å². The highest BCUT2D eigenvalue weighted by Gasteiger charge is 2.19. The van der Waals surface area contributed by atoms with Gasteiger partial charge < -0.3 is 4.74 Å². The number of rotatable bonds is 4. The van der Waals surface area contributed by atoms with E-state index >= 15 is 0 Å². The predicted molar refractivity (Wildman–Crippen MR) is 108 cm³/mol. The Kier molecular flexibility index (Phi) is 10.3. The summed E-state index contributed by atoms with van der Waals surface area (Å²) in [5, 5.41) is 5.04. The van der Waals surface area contributed by atoms with Crippen LogP contribution in [0.1, 0.15) is 47.1 Å². The molecule has 0 spiro atoms. The number of nitrogens with zero attached hydrogens (tertiary/aromatic N) is 1. The number of hydrogen-bond acceptors (Lipinski definition) is 3. The van der Waals surface area contributed by atoms with Crippen molar-refractivity contribution in [1.29, 1.82) is 0 Å². The highest BCUT2D eigenvalue weighted by molar-refractivity contribution is 9.10. The van der Waals surface area contributed by atoms with Crippen molar-refractivity contribution in [3.05, 3.63) is 28.2 Å². The minimum atomic E-state index is -2.92. The second kappa shape index (κ2) is 10.6. The molecule has 150 valence electrons. The fraction of sp³-hybridized carbons (Fsp3) is 0.562.